The molecule has 2 rings (SSSR count). The van der Waals surface area contributed by atoms with Crippen LogP contribution in [0.1, 0.15) is 23.2 Å². The molecule has 0 aliphatic carbocycles. The van der Waals surface area contributed by atoms with Crippen molar-refractivity contribution in [2.45, 2.75) is 18.9 Å². The third-order valence-corrected chi connectivity index (χ3v) is 4.56. The van der Waals surface area contributed by atoms with Crippen LogP contribution in [0.2, 0.25) is 0 Å². The molecule has 0 spiro atoms. The number of hydrogen-bond acceptors (Lipinski definition) is 5. The minimum Gasteiger partial charge on any atom is -0.495 e. The molecule has 0 radical (unpaired) electrons. The molecule has 1 unspecified atom stereocenters. The third kappa shape index (κ3) is 3.86. The Morgan fingerprint density at radius 2 is 2.27 bits per heavy atom. The number of aromatic carboxylic acids is 1. The average Bonchev–Trinajstić information content (AvgIpc) is 2.90. The lowest BCUT2D eigenvalue weighted by Crippen LogP contribution is -2.26. The Balaban J connectivity index is 2.24. The number of hydrogen-bond donors (Lipinski definition) is 2. The number of benzene rings is 1. The number of rotatable bonds is 6. The van der Waals surface area contributed by atoms with Crippen LogP contribution in [0.5, 0.6) is 5.75 Å². The van der Waals surface area contributed by atoms with Gasteiger partial charge in [-0.3, -0.25) is 4.72 Å². The minimum atomic E-state index is -3.77. The molecule has 1 aromatic carbocycles. The number of ether oxygens (including phenoxy) is 2. The van der Waals surface area contributed by atoms with Gasteiger partial charge in [0, 0.05) is 12.7 Å². The summed E-state index contributed by atoms with van der Waals surface area (Å²) in [6.45, 7) is 0.519. The van der Waals surface area contributed by atoms with Gasteiger partial charge in [0.05, 0.1) is 30.2 Å². The van der Waals surface area contributed by atoms with Gasteiger partial charge in [0.1, 0.15) is 11.6 Å². The molecule has 1 heterocycles. The van der Waals surface area contributed by atoms with E-state index < -0.39 is 33.5 Å². The molecule has 0 aromatic heterocycles. The van der Waals surface area contributed by atoms with E-state index in [-0.39, 0.29) is 17.2 Å². The molecule has 1 aromatic rings. The summed E-state index contributed by atoms with van der Waals surface area (Å²) in [6.07, 6.45) is 1.04. The Hall–Kier alpha value is -1.87. The highest BCUT2D eigenvalue weighted by atomic mass is 32.2. The van der Waals surface area contributed by atoms with E-state index in [0.29, 0.717) is 13.0 Å². The van der Waals surface area contributed by atoms with Crippen LogP contribution in [0.4, 0.5) is 10.1 Å². The second-order valence-corrected chi connectivity index (χ2v) is 6.62. The van der Waals surface area contributed by atoms with Gasteiger partial charge in [-0.15, -0.1) is 0 Å². The maximum Gasteiger partial charge on any atom is 0.338 e. The monoisotopic (exact) mass is 333 g/mol. The van der Waals surface area contributed by atoms with Gasteiger partial charge in [-0.05, 0) is 18.9 Å². The molecule has 1 aliphatic heterocycles. The van der Waals surface area contributed by atoms with E-state index in [1.807, 2.05) is 0 Å². The first-order valence-electron chi connectivity index (χ1n) is 6.55. The SMILES string of the molecule is COc1cc(C(=O)O)c(F)cc1NS(=O)(=O)CC1CCCO1. The molecule has 122 valence electrons. The lowest BCUT2D eigenvalue weighted by Gasteiger charge is -2.15. The fraction of sp³-hybridized carbons (Fsp3) is 0.462. The lowest BCUT2D eigenvalue weighted by atomic mass is 10.2. The van der Waals surface area contributed by atoms with Crippen LogP contribution < -0.4 is 9.46 Å². The highest BCUT2D eigenvalue weighted by Crippen LogP contribution is 2.29. The molecular weight excluding hydrogens is 317 g/mol. The van der Waals surface area contributed by atoms with Crippen molar-refractivity contribution in [3.05, 3.63) is 23.5 Å². The third-order valence-electron chi connectivity index (χ3n) is 3.21. The fourth-order valence-corrected chi connectivity index (χ4v) is 3.53. The number of methoxy groups -OCH3 is 1. The Bertz CT molecular complexity index is 669. The van der Waals surface area contributed by atoms with Gasteiger partial charge in [-0.1, -0.05) is 0 Å². The van der Waals surface area contributed by atoms with Gasteiger partial charge < -0.3 is 14.6 Å². The molecule has 1 aliphatic rings. The van der Waals surface area contributed by atoms with Crippen LogP contribution in [-0.4, -0.2) is 45.1 Å². The number of sulfonamides is 1. The van der Waals surface area contributed by atoms with E-state index in [1.165, 1.54) is 7.11 Å². The van der Waals surface area contributed by atoms with Gasteiger partial charge in [-0.2, -0.15) is 0 Å². The van der Waals surface area contributed by atoms with E-state index in [2.05, 4.69) is 4.72 Å². The Kier molecular flexibility index (Phi) is 4.87. The topological polar surface area (TPSA) is 102 Å². The summed E-state index contributed by atoms with van der Waals surface area (Å²) in [6, 6.07) is 1.72. The summed E-state index contributed by atoms with van der Waals surface area (Å²) in [5.74, 6) is -2.85. The highest BCUT2D eigenvalue weighted by Gasteiger charge is 2.25. The summed E-state index contributed by atoms with van der Waals surface area (Å²) in [4.78, 5) is 10.9. The van der Waals surface area contributed by atoms with E-state index in [1.54, 1.807) is 0 Å². The Labute approximate surface area is 127 Å². The fourth-order valence-electron chi connectivity index (χ4n) is 2.20. The van der Waals surface area contributed by atoms with E-state index in [4.69, 9.17) is 14.6 Å². The standard InChI is InChI=1S/C13H16FNO6S/c1-20-12-5-9(13(16)17)10(14)6-11(12)15-22(18,19)7-8-3-2-4-21-8/h5-6,8,15H,2-4,7H2,1H3,(H,16,17). The molecule has 0 saturated carbocycles. The molecule has 1 atom stereocenters. The predicted molar refractivity (Wildman–Crippen MR) is 76.3 cm³/mol. The molecule has 7 nitrogen and oxygen atoms in total. The van der Waals surface area contributed by atoms with Crippen molar-refractivity contribution in [2.24, 2.45) is 0 Å². The summed E-state index contributed by atoms with van der Waals surface area (Å²) in [5.41, 5.74) is -0.748. The quantitative estimate of drug-likeness (QED) is 0.817. The van der Waals surface area contributed by atoms with E-state index >= 15 is 0 Å². The van der Waals surface area contributed by atoms with E-state index in [0.717, 1.165) is 18.6 Å². The van der Waals surface area contributed by atoms with Gasteiger partial charge in [0.2, 0.25) is 10.0 Å². The maximum atomic E-state index is 13.7. The summed E-state index contributed by atoms with van der Waals surface area (Å²) in [5, 5.41) is 8.85. The zero-order chi connectivity index (χ0) is 16.3. The molecule has 1 fully saturated rings. The molecule has 22 heavy (non-hydrogen) atoms. The van der Waals surface area contributed by atoms with Crippen LogP contribution in [0.3, 0.4) is 0 Å². The minimum absolute atomic E-state index is 0.0743. The average molecular weight is 333 g/mol. The second kappa shape index (κ2) is 6.49. The largest absolute Gasteiger partial charge is 0.495 e. The number of carboxylic acid groups (broad SMARTS) is 1. The molecule has 0 bridgehead atoms. The molecule has 0 amide bonds. The molecule has 9 heteroatoms. The van der Waals surface area contributed by atoms with Crippen molar-refractivity contribution < 1.29 is 32.2 Å². The first kappa shape index (κ1) is 16.5. The second-order valence-electron chi connectivity index (χ2n) is 4.86. The number of halogens is 1. The van der Waals surface area contributed by atoms with Crippen molar-refractivity contribution in [2.75, 3.05) is 24.2 Å². The molecule has 1 saturated heterocycles. The molecule has 2 N–H and O–H groups in total. The first-order valence-corrected chi connectivity index (χ1v) is 8.20. The smallest absolute Gasteiger partial charge is 0.338 e. The van der Waals surface area contributed by atoms with Crippen molar-refractivity contribution in [1.82, 2.24) is 0 Å². The van der Waals surface area contributed by atoms with Crippen molar-refractivity contribution in [3.63, 3.8) is 0 Å². The maximum absolute atomic E-state index is 13.7. The van der Waals surface area contributed by atoms with Crippen LogP contribution in [-0.2, 0) is 14.8 Å². The summed E-state index contributed by atoms with van der Waals surface area (Å²) < 4.78 is 50.2. The lowest BCUT2D eigenvalue weighted by molar-refractivity contribution is 0.0691. The number of carboxylic acids is 1. The van der Waals surface area contributed by atoms with Crippen LogP contribution in [0.15, 0.2) is 12.1 Å². The number of nitrogens with one attached hydrogen (secondary N) is 1. The number of anilines is 1. The van der Waals surface area contributed by atoms with Crippen LogP contribution >= 0.6 is 0 Å². The van der Waals surface area contributed by atoms with Crippen molar-refractivity contribution >= 4 is 21.7 Å². The summed E-state index contributed by atoms with van der Waals surface area (Å²) in [7, 11) is -2.54. The predicted octanol–water partition coefficient (Wildman–Crippen LogP) is 1.45. The Morgan fingerprint density at radius 3 is 2.82 bits per heavy atom. The van der Waals surface area contributed by atoms with Crippen molar-refractivity contribution in [3.8, 4) is 5.75 Å². The summed E-state index contributed by atoms with van der Waals surface area (Å²) >= 11 is 0. The van der Waals surface area contributed by atoms with Crippen LogP contribution in [0, 0.1) is 5.82 Å². The van der Waals surface area contributed by atoms with Crippen molar-refractivity contribution in [1.29, 1.82) is 0 Å². The molecular formula is C13H16FNO6S. The first-order chi connectivity index (χ1) is 10.3. The van der Waals surface area contributed by atoms with Gasteiger partial charge in [-0.25, -0.2) is 17.6 Å². The zero-order valence-corrected chi connectivity index (χ0v) is 12.7. The van der Waals surface area contributed by atoms with Gasteiger partial charge in [0.15, 0.2) is 0 Å². The Morgan fingerprint density at radius 1 is 1.55 bits per heavy atom. The van der Waals surface area contributed by atoms with E-state index in [9.17, 15) is 17.6 Å². The number of carbonyl (C=O) groups is 1. The zero-order valence-electron chi connectivity index (χ0n) is 11.8. The van der Waals surface area contributed by atoms with Gasteiger partial charge in [0.25, 0.3) is 0 Å². The highest BCUT2D eigenvalue weighted by molar-refractivity contribution is 7.92. The normalized spacial score (nSPS) is 18.2. The van der Waals surface area contributed by atoms with Crippen LogP contribution in [0.25, 0.3) is 0 Å². The van der Waals surface area contributed by atoms with Gasteiger partial charge >= 0.3 is 5.97 Å².